The number of thiazole rings is 1. The van der Waals surface area contributed by atoms with E-state index in [1.165, 1.54) is 11.1 Å². The van der Waals surface area contributed by atoms with Crippen molar-refractivity contribution in [1.29, 1.82) is 0 Å². The Morgan fingerprint density at radius 2 is 1.97 bits per heavy atom. The highest BCUT2D eigenvalue weighted by atomic mass is 32.1. The van der Waals surface area contributed by atoms with E-state index in [4.69, 9.17) is 15.1 Å². The van der Waals surface area contributed by atoms with Crippen molar-refractivity contribution in [3.8, 4) is 27.5 Å². The van der Waals surface area contributed by atoms with E-state index >= 15 is 0 Å². The van der Waals surface area contributed by atoms with Gasteiger partial charge in [-0.1, -0.05) is 31.5 Å². The minimum atomic E-state index is 0.188. The molecule has 5 rings (SSSR count). The van der Waals surface area contributed by atoms with Crippen LogP contribution in [-0.4, -0.2) is 51.1 Å². The van der Waals surface area contributed by atoms with E-state index in [1.807, 2.05) is 25.2 Å². The second kappa shape index (κ2) is 9.84. The number of ketones is 1. The summed E-state index contributed by atoms with van der Waals surface area (Å²) in [6.45, 7) is 4.72. The van der Waals surface area contributed by atoms with E-state index in [2.05, 4.69) is 54.9 Å². The van der Waals surface area contributed by atoms with Crippen LogP contribution in [0.4, 0.5) is 0 Å². The molecule has 0 aliphatic heterocycles. The highest BCUT2D eigenvalue weighted by Gasteiger charge is 2.30. The lowest BCUT2D eigenvalue weighted by atomic mass is 9.95. The number of carbonyl (C=O) groups excluding carboxylic acids is 1. The maximum absolute atomic E-state index is 12.5. The SMILES string of the molecule is CCCc1ccc(-c2nn(-c3ccccc3C)c3c2CCc2nc(CC(=O)CN(C)C)sc2-3)cn1. The van der Waals surface area contributed by atoms with Crippen LogP contribution >= 0.6 is 11.3 Å². The lowest BCUT2D eigenvalue weighted by Crippen LogP contribution is -2.22. The number of carbonyl (C=O) groups is 1. The van der Waals surface area contributed by atoms with Crippen molar-refractivity contribution in [2.75, 3.05) is 20.6 Å². The van der Waals surface area contributed by atoms with Gasteiger partial charge in [-0.15, -0.1) is 11.3 Å². The van der Waals surface area contributed by atoms with Crippen molar-refractivity contribution in [2.24, 2.45) is 0 Å². The monoisotopic (exact) mass is 485 g/mol. The maximum atomic E-state index is 12.5. The molecule has 0 unspecified atom stereocenters. The third-order valence-corrected chi connectivity index (χ3v) is 7.45. The second-order valence-electron chi connectivity index (χ2n) is 9.50. The first-order valence-electron chi connectivity index (χ1n) is 12.2. The molecule has 0 fully saturated rings. The van der Waals surface area contributed by atoms with Crippen molar-refractivity contribution >= 4 is 17.1 Å². The Labute approximate surface area is 210 Å². The predicted octanol–water partition coefficient (Wildman–Crippen LogP) is 5.09. The van der Waals surface area contributed by atoms with Crippen LogP contribution in [0, 0.1) is 6.92 Å². The first-order chi connectivity index (χ1) is 16.9. The zero-order valence-electron chi connectivity index (χ0n) is 20.8. The fourth-order valence-electron chi connectivity index (χ4n) is 4.75. The van der Waals surface area contributed by atoms with Crippen molar-refractivity contribution in [3.05, 3.63) is 70.1 Å². The Morgan fingerprint density at radius 3 is 2.69 bits per heavy atom. The van der Waals surface area contributed by atoms with E-state index < -0.39 is 0 Å². The van der Waals surface area contributed by atoms with Crippen molar-refractivity contribution in [2.45, 2.75) is 46.0 Å². The number of fused-ring (bicyclic) bond motifs is 3. The highest BCUT2D eigenvalue weighted by molar-refractivity contribution is 7.15. The number of hydrogen-bond donors (Lipinski definition) is 0. The van der Waals surface area contributed by atoms with Gasteiger partial charge in [0.25, 0.3) is 0 Å². The molecule has 7 heteroatoms. The molecule has 35 heavy (non-hydrogen) atoms. The summed E-state index contributed by atoms with van der Waals surface area (Å²) in [7, 11) is 3.84. The summed E-state index contributed by atoms with van der Waals surface area (Å²) >= 11 is 1.64. The third kappa shape index (κ3) is 4.70. The number of likely N-dealkylation sites (N-methyl/N-ethyl adjacent to an activating group) is 1. The fraction of sp³-hybridized carbons (Fsp3) is 0.357. The van der Waals surface area contributed by atoms with Crippen LogP contribution in [-0.2, 0) is 30.5 Å². The van der Waals surface area contributed by atoms with Crippen LogP contribution in [0.1, 0.15) is 40.9 Å². The summed E-state index contributed by atoms with van der Waals surface area (Å²) in [5.41, 5.74) is 8.80. The van der Waals surface area contributed by atoms with Gasteiger partial charge >= 0.3 is 0 Å². The molecule has 3 aromatic heterocycles. The normalized spacial score (nSPS) is 12.6. The van der Waals surface area contributed by atoms with Gasteiger partial charge in [0.2, 0.25) is 0 Å². The molecule has 0 saturated heterocycles. The van der Waals surface area contributed by atoms with Crippen LogP contribution < -0.4 is 0 Å². The van der Waals surface area contributed by atoms with Gasteiger partial charge in [-0.25, -0.2) is 9.67 Å². The zero-order valence-corrected chi connectivity index (χ0v) is 21.7. The number of nitrogens with zero attached hydrogens (tertiary/aromatic N) is 5. The molecule has 4 aromatic rings. The fourth-order valence-corrected chi connectivity index (χ4v) is 5.94. The molecule has 0 atom stereocenters. The van der Waals surface area contributed by atoms with Gasteiger partial charge in [-0.3, -0.25) is 9.78 Å². The first-order valence-corrected chi connectivity index (χ1v) is 13.0. The largest absolute Gasteiger partial charge is 0.302 e. The van der Waals surface area contributed by atoms with Crippen LogP contribution in [0.5, 0.6) is 0 Å². The van der Waals surface area contributed by atoms with Crippen LogP contribution in [0.25, 0.3) is 27.5 Å². The van der Waals surface area contributed by atoms with Gasteiger partial charge in [-0.2, -0.15) is 5.10 Å². The number of benzene rings is 1. The molecule has 0 bridgehead atoms. The Kier molecular flexibility index (Phi) is 6.62. The highest BCUT2D eigenvalue weighted by Crippen LogP contribution is 2.43. The van der Waals surface area contributed by atoms with Gasteiger partial charge in [0.15, 0.2) is 5.78 Å². The number of pyridine rings is 1. The molecule has 1 aliphatic rings. The molecule has 1 aromatic carbocycles. The molecular formula is C28H31N5OS. The van der Waals surface area contributed by atoms with Crippen molar-refractivity contribution < 1.29 is 4.79 Å². The molecule has 1 aliphatic carbocycles. The van der Waals surface area contributed by atoms with Crippen LogP contribution in [0.3, 0.4) is 0 Å². The van der Waals surface area contributed by atoms with Gasteiger partial charge in [0, 0.05) is 23.0 Å². The number of rotatable bonds is 8. The van der Waals surface area contributed by atoms with E-state index in [1.54, 1.807) is 11.3 Å². The topological polar surface area (TPSA) is 63.9 Å². The standard InChI is InChI=1S/C28H31N5OS/c1-5-8-20-12-11-19(16-29-20)26-22-13-14-23-28(35-25(30-23)15-21(34)17-32(3)4)27(22)33(31-26)24-10-7-6-9-18(24)2/h6-7,9-12,16H,5,8,13-15,17H2,1-4H3. The summed E-state index contributed by atoms with van der Waals surface area (Å²) in [4.78, 5) is 25.1. The van der Waals surface area contributed by atoms with Crippen molar-refractivity contribution in [1.82, 2.24) is 24.6 Å². The summed E-state index contributed by atoms with van der Waals surface area (Å²) in [5.74, 6) is 0.188. The molecular weight excluding hydrogens is 454 g/mol. The smallest absolute Gasteiger partial charge is 0.153 e. The van der Waals surface area contributed by atoms with Gasteiger partial charge in [0.05, 0.1) is 40.6 Å². The quantitative estimate of drug-likeness (QED) is 0.348. The molecule has 0 N–H and O–H groups in total. The second-order valence-corrected chi connectivity index (χ2v) is 10.6. The molecule has 0 amide bonds. The first kappa shape index (κ1) is 23.6. The molecule has 3 heterocycles. The summed E-state index contributed by atoms with van der Waals surface area (Å²) in [6.07, 6.45) is 6.12. The Hall–Kier alpha value is -3.16. The lowest BCUT2D eigenvalue weighted by molar-refractivity contribution is -0.119. The minimum Gasteiger partial charge on any atom is -0.302 e. The van der Waals surface area contributed by atoms with Crippen molar-refractivity contribution in [3.63, 3.8) is 0 Å². The van der Waals surface area contributed by atoms with Gasteiger partial charge in [0.1, 0.15) is 5.01 Å². The van der Waals surface area contributed by atoms with E-state index in [0.29, 0.717) is 13.0 Å². The molecule has 0 spiro atoms. The van der Waals surface area contributed by atoms with Gasteiger partial charge < -0.3 is 4.90 Å². The number of aryl methyl sites for hydroxylation is 3. The lowest BCUT2D eigenvalue weighted by Gasteiger charge is -2.15. The molecule has 0 radical (unpaired) electrons. The molecule has 6 nitrogen and oxygen atoms in total. The van der Waals surface area contributed by atoms with Crippen LogP contribution in [0.15, 0.2) is 42.6 Å². The minimum absolute atomic E-state index is 0.188. The van der Waals surface area contributed by atoms with Gasteiger partial charge in [-0.05, 0) is 64.0 Å². The number of para-hydroxylation sites is 1. The summed E-state index contributed by atoms with van der Waals surface area (Å²) in [5, 5.41) is 6.05. The van der Waals surface area contributed by atoms with E-state index in [9.17, 15) is 4.79 Å². The van der Waals surface area contributed by atoms with Crippen LogP contribution in [0.2, 0.25) is 0 Å². The number of aromatic nitrogens is 4. The number of Topliss-reactive ketones (excluding diaryl/α,β-unsaturated/α-hetero) is 1. The predicted molar refractivity (Wildman–Crippen MR) is 141 cm³/mol. The average Bonchev–Trinajstić information content (AvgIpc) is 3.40. The number of hydrogen-bond acceptors (Lipinski definition) is 6. The Bertz CT molecular complexity index is 1370. The average molecular weight is 486 g/mol. The summed E-state index contributed by atoms with van der Waals surface area (Å²) in [6, 6.07) is 12.6. The zero-order chi connectivity index (χ0) is 24.5. The maximum Gasteiger partial charge on any atom is 0.153 e. The third-order valence-electron chi connectivity index (χ3n) is 6.34. The van der Waals surface area contributed by atoms with E-state index in [0.717, 1.165) is 69.6 Å². The summed E-state index contributed by atoms with van der Waals surface area (Å²) < 4.78 is 2.08. The Morgan fingerprint density at radius 1 is 1.14 bits per heavy atom. The molecule has 180 valence electrons. The van der Waals surface area contributed by atoms with E-state index in [-0.39, 0.29) is 5.78 Å². The molecule has 0 saturated carbocycles. The Balaban J connectivity index is 1.62.